The van der Waals surface area contributed by atoms with E-state index in [1.54, 1.807) is 11.1 Å². The molecular weight excluding hydrogens is 458 g/mol. The van der Waals surface area contributed by atoms with E-state index >= 15 is 0 Å². The Balaban J connectivity index is 1.37. The van der Waals surface area contributed by atoms with Crippen LogP contribution in [-0.2, 0) is 0 Å². The average molecular weight is 486 g/mol. The Labute approximate surface area is 208 Å². The van der Waals surface area contributed by atoms with E-state index in [0.29, 0.717) is 47.3 Å². The monoisotopic (exact) mass is 485 g/mol. The summed E-state index contributed by atoms with van der Waals surface area (Å²) in [5, 5.41) is 12.1. The number of hydrogen-bond donors (Lipinski definition) is 1. The van der Waals surface area contributed by atoms with E-state index < -0.39 is 6.10 Å². The molecule has 35 heavy (non-hydrogen) atoms. The van der Waals surface area contributed by atoms with Crippen molar-refractivity contribution in [2.75, 3.05) is 6.54 Å². The van der Waals surface area contributed by atoms with E-state index in [2.05, 4.69) is 9.97 Å². The predicted molar refractivity (Wildman–Crippen MR) is 138 cm³/mol. The number of fused-ring (bicyclic) bond motifs is 1. The third-order valence-corrected chi connectivity index (χ3v) is 7.51. The van der Waals surface area contributed by atoms with Crippen molar-refractivity contribution in [3.8, 4) is 11.3 Å². The van der Waals surface area contributed by atoms with Crippen molar-refractivity contribution >= 4 is 33.9 Å². The van der Waals surface area contributed by atoms with E-state index in [9.17, 15) is 14.7 Å². The number of rotatable bonds is 6. The molecular formula is C28H27N3O3S. The SMILES string of the molecule is Cc1nc(-c2ccccc2)c(C(=O)N2CC(O)CCC2CCC(=O)c2cccc3cccnc23)s1. The zero-order chi connectivity index (χ0) is 24.4. The topological polar surface area (TPSA) is 83.4 Å². The third-order valence-electron chi connectivity index (χ3n) is 6.56. The second kappa shape index (κ2) is 10.1. The molecule has 7 heteroatoms. The first-order valence-electron chi connectivity index (χ1n) is 11.9. The number of carbonyl (C=O) groups excluding carboxylic acids is 2. The molecule has 0 aliphatic carbocycles. The minimum atomic E-state index is -0.567. The maximum absolute atomic E-state index is 13.7. The highest BCUT2D eigenvalue weighted by atomic mass is 32.1. The molecule has 0 spiro atoms. The fourth-order valence-corrected chi connectivity index (χ4v) is 5.71. The van der Waals surface area contributed by atoms with Crippen molar-refractivity contribution in [2.45, 2.75) is 44.8 Å². The van der Waals surface area contributed by atoms with Crippen molar-refractivity contribution in [1.29, 1.82) is 0 Å². The van der Waals surface area contributed by atoms with Crippen LogP contribution in [0.3, 0.4) is 0 Å². The number of aliphatic hydroxyl groups excluding tert-OH is 1. The lowest BCUT2D eigenvalue weighted by molar-refractivity contribution is 0.0255. The number of aryl methyl sites for hydroxylation is 1. The Hall–Kier alpha value is -3.42. The zero-order valence-corrected chi connectivity index (χ0v) is 20.4. The van der Waals surface area contributed by atoms with Gasteiger partial charge in [-0.15, -0.1) is 11.3 Å². The second-order valence-corrected chi connectivity index (χ2v) is 10.2. The van der Waals surface area contributed by atoms with E-state index in [0.717, 1.165) is 16.0 Å². The minimum Gasteiger partial charge on any atom is -0.391 e. The number of likely N-dealkylation sites (tertiary alicyclic amines) is 1. The molecule has 5 rings (SSSR count). The van der Waals surface area contributed by atoms with Crippen LogP contribution in [-0.4, -0.2) is 50.4 Å². The molecule has 2 aromatic carbocycles. The number of para-hydroxylation sites is 1. The van der Waals surface area contributed by atoms with Gasteiger partial charge in [0.25, 0.3) is 5.91 Å². The van der Waals surface area contributed by atoms with Crippen LogP contribution in [0, 0.1) is 6.92 Å². The van der Waals surface area contributed by atoms with Crippen LogP contribution >= 0.6 is 11.3 Å². The molecule has 1 fully saturated rings. The summed E-state index contributed by atoms with van der Waals surface area (Å²) in [5.74, 6) is -0.107. The number of piperidine rings is 1. The van der Waals surface area contributed by atoms with Gasteiger partial charge in [-0.3, -0.25) is 14.6 Å². The number of nitrogens with zero attached hydrogens (tertiary/aromatic N) is 3. The van der Waals surface area contributed by atoms with Crippen LogP contribution < -0.4 is 0 Å². The highest BCUT2D eigenvalue weighted by Gasteiger charge is 2.34. The van der Waals surface area contributed by atoms with Gasteiger partial charge in [-0.2, -0.15) is 0 Å². The van der Waals surface area contributed by atoms with E-state index in [4.69, 9.17) is 0 Å². The number of ketones is 1. The van der Waals surface area contributed by atoms with Gasteiger partial charge in [0.15, 0.2) is 5.78 Å². The normalized spacial score (nSPS) is 18.1. The van der Waals surface area contributed by atoms with Gasteiger partial charge >= 0.3 is 0 Å². The van der Waals surface area contributed by atoms with Crippen LogP contribution in [0.1, 0.15) is 50.7 Å². The summed E-state index contributed by atoms with van der Waals surface area (Å²) < 4.78 is 0. The van der Waals surface area contributed by atoms with Crippen LogP contribution in [0.4, 0.5) is 0 Å². The first-order valence-corrected chi connectivity index (χ1v) is 12.7. The Morgan fingerprint density at radius 2 is 1.86 bits per heavy atom. The summed E-state index contributed by atoms with van der Waals surface area (Å²) in [6, 6.07) is 19.0. The molecule has 2 atom stereocenters. The lowest BCUT2D eigenvalue weighted by atomic mass is 9.93. The molecule has 1 saturated heterocycles. The van der Waals surface area contributed by atoms with Crippen LogP contribution in [0.5, 0.6) is 0 Å². The summed E-state index contributed by atoms with van der Waals surface area (Å²) in [7, 11) is 0. The molecule has 0 bridgehead atoms. The lowest BCUT2D eigenvalue weighted by Gasteiger charge is -2.38. The predicted octanol–water partition coefficient (Wildman–Crippen LogP) is 5.30. The first-order chi connectivity index (χ1) is 17.0. The molecule has 1 N–H and O–H groups in total. The number of aromatic nitrogens is 2. The summed E-state index contributed by atoms with van der Waals surface area (Å²) in [6.07, 6.45) is 3.26. The number of amides is 1. The molecule has 0 saturated carbocycles. The molecule has 1 aliphatic heterocycles. The molecule has 1 aliphatic rings. The largest absolute Gasteiger partial charge is 0.391 e. The third kappa shape index (κ3) is 4.88. The summed E-state index contributed by atoms with van der Waals surface area (Å²) in [6.45, 7) is 2.16. The number of aliphatic hydroxyl groups is 1. The Morgan fingerprint density at radius 1 is 1.06 bits per heavy atom. The maximum Gasteiger partial charge on any atom is 0.266 e. The van der Waals surface area contributed by atoms with Crippen molar-refractivity contribution in [2.24, 2.45) is 0 Å². The summed E-state index contributed by atoms with van der Waals surface area (Å²) >= 11 is 1.38. The highest BCUT2D eigenvalue weighted by molar-refractivity contribution is 7.14. The lowest BCUT2D eigenvalue weighted by Crippen LogP contribution is -2.48. The van der Waals surface area contributed by atoms with Gasteiger partial charge in [0, 0.05) is 41.7 Å². The van der Waals surface area contributed by atoms with Crippen LogP contribution in [0.15, 0.2) is 66.9 Å². The van der Waals surface area contributed by atoms with Crippen molar-refractivity contribution in [3.05, 3.63) is 82.3 Å². The maximum atomic E-state index is 13.7. The summed E-state index contributed by atoms with van der Waals surface area (Å²) in [5.41, 5.74) is 2.89. The van der Waals surface area contributed by atoms with Crippen LogP contribution in [0.2, 0.25) is 0 Å². The fraction of sp³-hybridized carbons (Fsp3) is 0.286. The molecule has 3 heterocycles. The van der Waals surface area contributed by atoms with Gasteiger partial charge in [0.05, 0.1) is 22.3 Å². The molecule has 178 valence electrons. The van der Waals surface area contributed by atoms with Crippen molar-refractivity contribution in [1.82, 2.24) is 14.9 Å². The highest BCUT2D eigenvalue weighted by Crippen LogP contribution is 2.32. The second-order valence-electron chi connectivity index (χ2n) is 8.96. The number of benzene rings is 2. The fourth-order valence-electron chi connectivity index (χ4n) is 4.81. The first kappa shape index (κ1) is 23.3. The molecule has 6 nitrogen and oxygen atoms in total. The summed E-state index contributed by atoms with van der Waals surface area (Å²) in [4.78, 5) is 38.3. The number of pyridine rings is 1. The number of hydrogen-bond acceptors (Lipinski definition) is 6. The minimum absolute atomic E-state index is 0.0198. The zero-order valence-electron chi connectivity index (χ0n) is 19.6. The van der Waals surface area contributed by atoms with Gasteiger partial charge in [0.1, 0.15) is 4.88 Å². The smallest absolute Gasteiger partial charge is 0.266 e. The molecule has 1 amide bonds. The van der Waals surface area contributed by atoms with E-state index in [1.165, 1.54) is 11.3 Å². The van der Waals surface area contributed by atoms with Gasteiger partial charge in [-0.05, 0) is 38.3 Å². The standard InChI is InChI=1S/C28H27N3O3S/c1-18-30-26(20-7-3-2-4-8-20)27(35-18)28(34)31-17-22(32)14-12-21(31)13-15-24(33)23-11-5-9-19-10-6-16-29-25(19)23/h2-11,16,21-22,32H,12-15,17H2,1H3. The van der Waals surface area contributed by atoms with Crippen molar-refractivity contribution in [3.63, 3.8) is 0 Å². The number of carbonyl (C=O) groups is 2. The van der Waals surface area contributed by atoms with Crippen LogP contribution in [0.25, 0.3) is 22.2 Å². The Bertz CT molecular complexity index is 1360. The number of Topliss-reactive ketones (excluding diaryl/α,β-unsaturated/α-hetero) is 1. The van der Waals surface area contributed by atoms with Crippen molar-refractivity contribution < 1.29 is 14.7 Å². The Morgan fingerprint density at radius 3 is 2.69 bits per heavy atom. The molecule has 2 aromatic heterocycles. The van der Waals surface area contributed by atoms with Gasteiger partial charge in [0.2, 0.25) is 0 Å². The average Bonchev–Trinajstić information content (AvgIpc) is 3.29. The van der Waals surface area contributed by atoms with E-state index in [1.807, 2.05) is 67.6 Å². The molecule has 4 aromatic rings. The molecule has 0 radical (unpaired) electrons. The Kier molecular flexibility index (Phi) is 6.70. The number of β-amino-alcohol motifs (C(OH)–C–C–N with tert-alkyl or cyclic N) is 1. The van der Waals surface area contributed by atoms with E-state index in [-0.39, 0.29) is 24.3 Å². The quantitative estimate of drug-likeness (QED) is 0.375. The number of thiazole rings is 1. The van der Waals surface area contributed by atoms with Gasteiger partial charge in [-0.25, -0.2) is 4.98 Å². The van der Waals surface area contributed by atoms with Gasteiger partial charge < -0.3 is 10.0 Å². The molecule has 2 unspecified atom stereocenters. The van der Waals surface area contributed by atoms with Gasteiger partial charge in [-0.1, -0.05) is 48.5 Å².